The third kappa shape index (κ3) is 3.68. The number of anilines is 1. The van der Waals surface area contributed by atoms with Gasteiger partial charge in [0.15, 0.2) is 0 Å². The average molecular weight is 336 g/mol. The first kappa shape index (κ1) is 16.7. The Morgan fingerprint density at radius 2 is 1.92 bits per heavy atom. The summed E-state index contributed by atoms with van der Waals surface area (Å²) in [6.45, 7) is 4.48. The maximum Gasteiger partial charge on any atom is 0.251 e. The fraction of sp³-hybridized carbons (Fsp3) is 0.211. The summed E-state index contributed by atoms with van der Waals surface area (Å²) in [5.74, 6) is -0.104. The molecule has 0 bridgehead atoms. The number of fused-ring (bicyclic) bond motifs is 1. The SMILES string of the molecule is CCn1c(NC(=O)CNC(=O)c2cccc(C)c2)nc2ccccc21. The molecular formula is C19H20N4O2. The molecule has 6 heteroatoms. The predicted octanol–water partition coefficient (Wildman–Crippen LogP) is 2.73. The van der Waals surface area contributed by atoms with Crippen LogP contribution in [0.25, 0.3) is 11.0 Å². The molecule has 0 spiro atoms. The van der Waals surface area contributed by atoms with Crippen molar-refractivity contribution in [2.45, 2.75) is 20.4 Å². The van der Waals surface area contributed by atoms with Gasteiger partial charge in [0.2, 0.25) is 11.9 Å². The van der Waals surface area contributed by atoms with Gasteiger partial charge in [0.05, 0.1) is 17.6 Å². The Morgan fingerprint density at radius 1 is 1.12 bits per heavy atom. The summed E-state index contributed by atoms with van der Waals surface area (Å²) in [6, 6.07) is 14.9. The summed E-state index contributed by atoms with van der Waals surface area (Å²) in [7, 11) is 0. The highest BCUT2D eigenvalue weighted by Crippen LogP contribution is 2.19. The lowest BCUT2D eigenvalue weighted by molar-refractivity contribution is -0.115. The maximum absolute atomic E-state index is 12.2. The molecule has 6 nitrogen and oxygen atoms in total. The molecule has 2 amide bonds. The number of benzene rings is 2. The number of nitrogens with one attached hydrogen (secondary N) is 2. The molecule has 3 rings (SSSR count). The molecule has 1 heterocycles. The van der Waals surface area contributed by atoms with Crippen molar-refractivity contribution in [2.24, 2.45) is 0 Å². The van der Waals surface area contributed by atoms with Crippen LogP contribution >= 0.6 is 0 Å². The van der Waals surface area contributed by atoms with Crippen molar-refractivity contribution in [1.82, 2.24) is 14.9 Å². The van der Waals surface area contributed by atoms with Gasteiger partial charge in [-0.05, 0) is 38.1 Å². The zero-order valence-corrected chi connectivity index (χ0v) is 14.2. The minimum Gasteiger partial charge on any atom is -0.343 e. The van der Waals surface area contributed by atoms with E-state index in [9.17, 15) is 9.59 Å². The van der Waals surface area contributed by atoms with Crippen molar-refractivity contribution in [1.29, 1.82) is 0 Å². The van der Waals surface area contributed by atoms with Gasteiger partial charge in [-0.2, -0.15) is 0 Å². The van der Waals surface area contributed by atoms with E-state index >= 15 is 0 Å². The molecule has 128 valence electrons. The minimum atomic E-state index is -0.314. The molecule has 0 unspecified atom stereocenters. The van der Waals surface area contributed by atoms with Crippen LogP contribution in [0.3, 0.4) is 0 Å². The normalized spacial score (nSPS) is 10.6. The van der Waals surface area contributed by atoms with E-state index in [1.165, 1.54) is 0 Å². The molecule has 25 heavy (non-hydrogen) atoms. The lowest BCUT2D eigenvalue weighted by atomic mass is 10.1. The van der Waals surface area contributed by atoms with E-state index < -0.39 is 0 Å². The van der Waals surface area contributed by atoms with E-state index in [1.807, 2.05) is 54.8 Å². The third-order valence-corrected chi connectivity index (χ3v) is 3.91. The van der Waals surface area contributed by atoms with Gasteiger partial charge < -0.3 is 9.88 Å². The van der Waals surface area contributed by atoms with E-state index in [-0.39, 0.29) is 18.4 Å². The first-order chi connectivity index (χ1) is 12.1. The van der Waals surface area contributed by atoms with Gasteiger partial charge in [-0.3, -0.25) is 14.9 Å². The van der Waals surface area contributed by atoms with E-state index in [4.69, 9.17) is 0 Å². The summed E-state index contributed by atoms with van der Waals surface area (Å²) in [5, 5.41) is 5.40. The molecule has 3 aromatic rings. The zero-order valence-electron chi connectivity index (χ0n) is 14.2. The first-order valence-corrected chi connectivity index (χ1v) is 8.18. The second-order valence-electron chi connectivity index (χ2n) is 5.77. The number of rotatable bonds is 5. The Morgan fingerprint density at radius 3 is 2.68 bits per heavy atom. The van der Waals surface area contributed by atoms with E-state index in [0.29, 0.717) is 18.1 Å². The molecule has 0 saturated carbocycles. The molecule has 0 aliphatic heterocycles. The molecule has 1 aromatic heterocycles. The van der Waals surface area contributed by atoms with Crippen LogP contribution in [0.1, 0.15) is 22.8 Å². The fourth-order valence-electron chi connectivity index (χ4n) is 2.71. The molecular weight excluding hydrogens is 316 g/mol. The van der Waals surface area contributed by atoms with Crippen molar-refractivity contribution in [3.05, 3.63) is 59.7 Å². The Bertz CT molecular complexity index is 930. The van der Waals surface area contributed by atoms with Gasteiger partial charge in [-0.15, -0.1) is 0 Å². The van der Waals surface area contributed by atoms with Crippen LogP contribution < -0.4 is 10.6 Å². The maximum atomic E-state index is 12.2. The van der Waals surface area contributed by atoms with E-state index in [0.717, 1.165) is 16.6 Å². The summed E-state index contributed by atoms with van der Waals surface area (Å²) in [4.78, 5) is 28.7. The number of nitrogens with zero attached hydrogens (tertiary/aromatic N) is 2. The number of imidazole rings is 1. The number of carbonyl (C=O) groups is 2. The number of amides is 2. The summed E-state index contributed by atoms with van der Waals surface area (Å²) in [6.07, 6.45) is 0. The monoisotopic (exact) mass is 336 g/mol. The minimum absolute atomic E-state index is 0.111. The number of hydrogen-bond donors (Lipinski definition) is 2. The Balaban J connectivity index is 1.66. The molecule has 0 aliphatic carbocycles. The Labute approximate surface area is 145 Å². The molecule has 0 radical (unpaired) electrons. The number of carbonyl (C=O) groups excluding carboxylic acids is 2. The standard InChI is InChI=1S/C19H20N4O2/c1-3-23-16-10-5-4-9-15(16)21-19(23)22-17(24)12-20-18(25)14-8-6-7-13(2)11-14/h4-11H,3,12H2,1-2H3,(H,20,25)(H,21,22,24). The predicted molar refractivity (Wildman–Crippen MR) is 97.5 cm³/mol. The van der Waals surface area contributed by atoms with Crippen LogP contribution in [0.5, 0.6) is 0 Å². The van der Waals surface area contributed by atoms with Crippen LogP contribution in [0.4, 0.5) is 5.95 Å². The summed E-state index contributed by atoms with van der Waals surface area (Å²) in [5.41, 5.74) is 3.31. The highest BCUT2D eigenvalue weighted by atomic mass is 16.2. The molecule has 2 aromatic carbocycles. The Kier molecular flexibility index (Phi) is 4.79. The van der Waals surface area contributed by atoms with Crippen molar-refractivity contribution in [3.63, 3.8) is 0 Å². The fourth-order valence-corrected chi connectivity index (χ4v) is 2.71. The molecule has 0 aliphatic rings. The van der Waals surface area contributed by atoms with Crippen LogP contribution in [0.2, 0.25) is 0 Å². The smallest absolute Gasteiger partial charge is 0.251 e. The van der Waals surface area contributed by atoms with Gasteiger partial charge in [0, 0.05) is 12.1 Å². The van der Waals surface area contributed by atoms with Crippen molar-refractivity contribution in [3.8, 4) is 0 Å². The van der Waals surface area contributed by atoms with Gasteiger partial charge in [-0.1, -0.05) is 29.8 Å². The molecule has 2 N–H and O–H groups in total. The van der Waals surface area contributed by atoms with Gasteiger partial charge in [-0.25, -0.2) is 4.98 Å². The molecule has 0 fully saturated rings. The quantitative estimate of drug-likeness (QED) is 0.752. The number of aryl methyl sites for hydroxylation is 2. The second-order valence-corrected chi connectivity index (χ2v) is 5.77. The third-order valence-electron chi connectivity index (χ3n) is 3.91. The molecule has 0 atom stereocenters. The van der Waals surface area contributed by atoms with Crippen LogP contribution in [0, 0.1) is 6.92 Å². The van der Waals surface area contributed by atoms with Crippen LogP contribution in [-0.4, -0.2) is 27.9 Å². The number of para-hydroxylation sites is 2. The first-order valence-electron chi connectivity index (χ1n) is 8.18. The van der Waals surface area contributed by atoms with Crippen molar-refractivity contribution < 1.29 is 9.59 Å². The highest BCUT2D eigenvalue weighted by Gasteiger charge is 2.13. The largest absolute Gasteiger partial charge is 0.343 e. The van der Waals surface area contributed by atoms with Crippen LogP contribution in [-0.2, 0) is 11.3 Å². The van der Waals surface area contributed by atoms with Crippen molar-refractivity contribution in [2.75, 3.05) is 11.9 Å². The Hall–Kier alpha value is -3.15. The zero-order chi connectivity index (χ0) is 17.8. The average Bonchev–Trinajstić information content (AvgIpc) is 2.96. The number of hydrogen-bond acceptors (Lipinski definition) is 3. The van der Waals surface area contributed by atoms with Gasteiger partial charge in [0.25, 0.3) is 5.91 Å². The topological polar surface area (TPSA) is 76.0 Å². The number of aromatic nitrogens is 2. The second kappa shape index (κ2) is 7.17. The lowest BCUT2D eigenvalue weighted by Crippen LogP contribution is -2.33. The summed E-state index contributed by atoms with van der Waals surface area (Å²) >= 11 is 0. The lowest BCUT2D eigenvalue weighted by Gasteiger charge is -2.09. The van der Waals surface area contributed by atoms with Gasteiger partial charge in [0.1, 0.15) is 0 Å². The van der Waals surface area contributed by atoms with E-state index in [2.05, 4.69) is 15.6 Å². The van der Waals surface area contributed by atoms with E-state index in [1.54, 1.807) is 12.1 Å². The summed E-state index contributed by atoms with van der Waals surface area (Å²) < 4.78 is 1.93. The highest BCUT2D eigenvalue weighted by molar-refractivity contribution is 5.99. The van der Waals surface area contributed by atoms with Gasteiger partial charge >= 0.3 is 0 Å². The molecule has 0 saturated heterocycles. The van der Waals surface area contributed by atoms with Crippen LogP contribution in [0.15, 0.2) is 48.5 Å². The van der Waals surface area contributed by atoms with Crippen molar-refractivity contribution >= 4 is 28.8 Å².